The average molecular weight is 610 g/mol. The highest BCUT2D eigenvalue weighted by Gasteiger charge is 2.37. The highest BCUT2D eigenvalue weighted by atomic mass is 32.2. The standard InChI is InChI=1S/C33H36FNO7S/c1-18-11-23(41-24-14-21(15-24)35(3)43(4,38)39)12-19(2)32(18)26-7-9-28(34)33-27(26)8-10-29(33)42-22-5-6-25-20(13-31(36)37)17-40-30(25)16-22/h5-7,9,11-12,16,20-21,24,29H,8,10,13-15,17H2,1-4H3,(H,36,37)/t20-,21-,24+,29-/m1/s1. The SMILES string of the molecule is Cc1cc(O[C@H]2C[C@@H](N(C)S(C)(=O)=O)C2)cc(C)c1-c1ccc(F)c2c1CC[C@H]2Oc1ccc2c(c1)OC[C@H]2CC(=O)O. The maximum atomic E-state index is 15.3. The summed E-state index contributed by atoms with van der Waals surface area (Å²) >= 11 is 0. The van der Waals surface area contributed by atoms with Crippen LogP contribution in [0.25, 0.3) is 11.1 Å². The van der Waals surface area contributed by atoms with Gasteiger partial charge in [-0.15, -0.1) is 0 Å². The lowest BCUT2D eigenvalue weighted by molar-refractivity contribution is -0.137. The predicted octanol–water partition coefficient (Wildman–Crippen LogP) is 5.93. The molecule has 1 heterocycles. The number of benzene rings is 3. The van der Waals surface area contributed by atoms with Crippen molar-refractivity contribution in [3.05, 3.63) is 76.1 Å². The van der Waals surface area contributed by atoms with E-state index in [1.807, 2.05) is 38.1 Å². The zero-order valence-corrected chi connectivity index (χ0v) is 25.5. The van der Waals surface area contributed by atoms with Crippen LogP contribution in [0.4, 0.5) is 4.39 Å². The fourth-order valence-electron chi connectivity index (χ4n) is 6.71. The van der Waals surface area contributed by atoms with Crippen molar-refractivity contribution < 1.29 is 36.9 Å². The van der Waals surface area contributed by atoms with Crippen LogP contribution in [0.5, 0.6) is 17.2 Å². The number of fused-ring (bicyclic) bond motifs is 2. The van der Waals surface area contributed by atoms with E-state index in [4.69, 9.17) is 19.3 Å². The first kappa shape index (κ1) is 29.4. The first-order chi connectivity index (χ1) is 20.4. The number of hydrogen-bond acceptors (Lipinski definition) is 6. The molecular formula is C33H36FNO7S. The fourth-order valence-corrected chi connectivity index (χ4v) is 7.42. The Morgan fingerprint density at radius 2 is 1.79 bits per heavy atom. The van der Waals surface area contributed by atoms with Gasteiger partial charge in [-0.1, -0.05) is 12.1 Å². The van der Waals surface area contributed by atoms with Crippen molar-refractivity contribution in [1.82, 2.24) is 4.31 Å². The molecule has 0 spiro atoms. The molecule has 10 heteroatoms. The smallest absolute Gasteiger partial charge is 0.304 e. The molecule has 2 atom stereocenters. The molecule has 0 saturated heterocycles. The zero-order chi connectivity index (χ0) is 30.6. The van der Waals surface area contributed by atoms with Gasteiger partial charge in [0.05, 0.1) is 19.3 Å². The Bertz CT molecular complexity index is 1680. The summed E-state index contributed by atoms with van der Waals surface area (Å²) in [5.74, 6) is 0.568. The average Bonchev–Trinajstić information content (AvgIpc) is 3.50. The van der Waals surface area contributed by atoms with Gasteiger partial charge in [-0.3, -0.25) is 4.79 Å². The number of nitrogens with zero attached hydrogens (tertiary/aromatic N) is 1. The molecule has 1 N–H and O–H groups in total. The van der Waals surface area contributed by atoms with Crippen molar-refractivity contribution >= 4 is 16.0 Å². The highest BCUT2D eigenvalue weighted by Crippen LogP contribution is 2.45. The Kier molecular flexibility index (Phi) is 7.62. The van der Waals surface area contributed by atoms with Gasteiger partial charge in [0, 0.05) is 49.0 Å². The van der Waals surface area contributed by atoms with Gasteiger partial charge in [0.15, 0.2) is 0 Å². The van der Waals surface area contributed by atoms with Crippen LogP contribution in [-0.2, 0) is 21.2 Å². The van der Waals surface area contributed by atoms with Crippen LogP contribution in [0.3, 0.4) is 0 Å². The minimum Gasteiger partial charge on any atom is -0.492 e. The van der Waals surface area contributed by atoms with E-state index >= 15 is 4.39 Å². The lowest BCUT2D eigenvalue weighted by Crippen LogP contribution is -2.49. The molecule has 1 saturated carbocycles. The van der Waals surface area contributed by atoms with Crippen molar-refractivity contribution in [1.29, 1.82) is 0 Å². The molecule has 6 rings (SSSR count). The number of aliphatic carboxylic acids is 1. The molecule has 1 aliphatic heterocycles. The number of halogens is 1. The number of carboxylic acids is 1. The van der Waals surface area contributed by atoms with Crippen LogP contribution in [0.15, 0.2) is 42.5 Å². The summed E-state index contributed by atoms with van der Waals surface area (Å²) < 4.78 is 58.6. The van der Waals surface area contributed by atoms with E-state index in [2.05, 4.69) is 0 Å². The van der Waals surface area contributed by atoms with E-state index in [-0.39, 0.29) is 30.3 Å². The first-order valence-corrected chi connectivity index (χ1v) is 16.4. The Morgan fingerprint density at radius 1 is 1.07 bits per heavy atom. The maximum Gasteiger partial charge on any atom is 0.304 e. The molecule has 1 fully saturated rings. The van der Waals surface area contributed by atoms with Crippen molar-refractivity contribution in [3.63, 3.8) is 0 Å². The molecule has 0 aromatic heterocycles. The molecule has 228 valence electrons. The van der Waals surface area contributed by atoms with Gasteiger partial charge in [-0.2, -0.15) is 0 Å². The van der Waals surface area contributed by atoms with E-state index < -0.39 is 22.1 Å². The number of carboxylic acid groups (broad SMARTS) is 1. The first-order valence-electron chi connectivity index (χ1n) is 14.6. The number of sulfonamides is 1. The van der Waals surface area contributed by atoms with Gasteiger partial charge in [0.25, 0.3) is 0 Å². The molecule has 2 aliphatic carbocycles. The molecule has 3 aromatic carbocycles. The zero-order valence-electron chi connectivity index (χ0n) is 24.7. The lowest BCUT2D eigenvalue weighted by atomic mass is 9.88. The van der Waals surface area contributed by atoms with Gasteiger partial charge in [0.2, 0.25) is 10.0 Å². The lowest BCUT2D eigenvalue weighted by Gasteiger charge is -2.39. The third-order valence-electron chi connectivity index (χ3n) is 9.03. The van der Waals surface area contributed by atoms with Crippen LogP contribution in [0.1, 0.15) is 65.5 Å². The van der Waals surface area contributed by atoms with E-state index in [0.29, 0.717) is 49.4 Å². The number of carbonyl (C=O) groups is 1. The van der Waals surface area contributed by atoms with Gasteiger partial charge in [0.1, 0.15) is 35.3 Å². The van der Waals surface area contributed by atoms with E-state index in [1.54, 1.807) is 19.2 Å². The summed E-state index contributed by atoms with van der Waals surface area (Å²) in [6, 6.07) is 12.7. The summed E-state index contributed by atoms with van der Waals surface area (Å²) in [6.45, 7) is 4.37. The molecule has 0 radical (unpaired) electrons. The third kappa shape index (κ3) is 5.70. The largest absolute Gasteiger partial charge is 0.492 e. The predicted molar refractivity (Wildman–Crippen MR) is 160 cm³/mol. The van der Waals surface area contributed by atoms with Crippen LogP contribution < -0.4 is 14.2 Å². The third-order valence-corrected chi connectivity index (χ3v) is 10.4. The fraction of sp³-hybridized carbons (Fsp3) is 0.424. The summed E-state index contributed by atoms with van der Waals surface area (Å²) in [6.07, 6.45) is 3.33. The van der Waals surface area contributed by atoms with Gasteiger partial charge in [-0.25, -0.2) is 17.1 Å². The Balaban J connectivity index is 1.20. The number of aryl methyl sites for hydroxylation is 2. The topological polar surface area (TPSA) is 102 Å². The second kappa shape index (κ2) is 11.1. The maximum absolute atomic E-state index is 15.3. The summed E-state index contributed by atoms with van der Waals surface area (Å²) in [5, 5.41) is 9.17. The second-order valence-electron chi connectivity index (χ2n) is 12.0. The normalized spacial score (nSPS) is 22.5. The molecule has 0 bridgehead atoms. The Hall–Kier alpha value is -3.63. The number of ether oxygens (including phenoxy) is 3. The van der Waals surface area contributed by atoms with Crippen molar-refractivity contribution in [2.75, 3.05) is 19.9 Å². The minimum atomic E-state index is -3.23. The second-order valence-corrected chi connectivity index (χ2v) is 14.1. The Morgan fingerprint density at radius 3 is 2.47 bits per heavy atom. The molecule has 0 unspecified atom stereocenters. The van der Waals surface area contributed by atoms with Crippen LogP contribution in [0, 0.1) is 19.7 Å². The van der Waals surface area contributed by atoms with Gasteiger partial charge in [-0.05, 0) is 78.8 Å². The minimum absolute atomic E-state index is 0.00710. The van der Waals surface area contributed by atoms with Crippen molar-refractivity contribution in [3.8, 4) is 28.4 Å². The van der Waals surface area contributed by atoms with Gasteiger partial charge < -0.3 is 19.3 Å². The number of rotatable bonds is 9. The Labute approximate surface area is 251 Å². The number of hydrogen-bond donors (Lipinski definition) is 1. The van der Waals surface area contributed by atoms with Crippen molar-refractivity contribution in [2.24, 2.45) is 0 Å². The van der Waals surface area contributed by atoms with E-state index in [0.717, 1.165) is 39.1 Å². The quantitative estimate of drug-likeness (QED) is 0.321. The van der Waals surface area contributed by atoms with Crippen LogP contribution in [-0.4, -0.2) is 55.9 Å². The summed E-state index contributed by atoms with van der Waals surface area (Å²) in [7, 11) is -1.62. The monoisotopic (exact) mass is 609 g/mol. The van der Waals surface area contributed by atoms with E-state index in [1.165, 1.54) is 16.6 Å². The van der Waals surface area contributed by atoms with Crippen LogP contribution >= 0.6 is 0 Å². The molecule has 3 aliphatic rings. The molecule has 8 nitrogen and oxygen atoms in total. The molecule has 3 aromatic rings. The summed E-state index contributed by atoms with van der Waals surface area (Å²) in [5.41, 5.74) is 6.42. The van der Waals surface area contributed by atoms with Gasteiger partial charge >= 0.3 is 5.97 Å². The highest BCUT2D eigenvalue weighted by molar-refractivity contribution is 7.88. The molecule has 43 heavy (non-hydrogen) atoms. The van der Waals surface area contributed by atoms with Crippen molar-refractivity contribution in [2.45, 2.75) is 70.1 Å². The summed E-state index contributed by atoms with van der Waals surface area (Å²) in [4.78, 5) is 11.2. The van der Waals surface area contributed by atoms with Crippen LogP contribution in [0.2, 0.25) is 0 Å². The molecular weight excluding hydrogens is 573 g/mol. The van der Waals surface area contributed by atoms with E-state index in [9.17, 15) is 13.2 Å². The molecule has 0 amide bonds.